The van der Waals surface area contributed by atoms with Gasteiger partial charge in [-0.25, -0.2) is 0 Å². The third kappa shape index (κ3) is 3.20. The topological polar surface area (TPSA) is 0 Å². The molecule has 0 saturated heterocycles. The van der Waals surface area contributed by atoms with Crippen LogP contribution in [0.4, 0.5) is 0 Å². The van der Waals surface area contributed by atoms with E-state index in [2.05, 4.69) is 62.4 Å². The van der Waals surface area contributed by atoms with Gasteiger partial charge in [0, 0.05) is 0 Å². The summed E-state index contributed by atoms with van der Waals surface area (Å²) < 4.78 is 0. The van der Waals surface area contributed by atoms with Crippen molar-refractivity contribution in [2.24, 2.45) is 0 Å². The average Bonchev–Trinajstić information content (AvgIpc) is 2.38. The first kappa shape index (κ1) is 11.9. The Morgan fingerprint density at radius 3 is 1.88 bits per heavy atom. The van der Waals surface area contributed by atoms with Gasteiger partial charge in [-0.05, 0) is 42.0 Å². The summed E-state index contributed by atoms with van der Waals surface area (Å²) in [4.78, 5) is 0. The molecule has 17 heavy (non-hydrogen) atoms. The monoisotopic (exact) mass is 223 g/mol. The predicted octanol–water partition coefficient (Wildman–Crippen LogP) is 4.88. The molecule has 0 atom stereocenters. The zero-order valence-electron chi connectivity index (χ0n) is 10.4. The van der Waals surface area contributed by atoms with E-state index in [4.69, 9.17) is 0 Å². The fraction of sp³-hybridized carbons (Fsp3) is 0.235. The molecule has 1 radical (unpaired) electrons. The Balaban J connectivity index is 2.14. The zero-order valence-corrected chi connectivity index (χ0v) is 10.4. The third-order valence-electron chi connectivity index (χ3n) is 3.06. The molecule has 2 rings (SSSR count). The number of hydrogen-bond acceptors (Lipinski definition) is 0. The van der Waals surface area contributed by atoms with Crippen molar-refractivity contribution in [3.05, 3.63) is 66.6 Å². The minimum absolute atomic E-state index is 1.06. The first-order valence-corrected chi connectivity index (χ1v) is 6.31. The summed E-state index contributed by atoms with van der Waals surface area (Å²) in [6.07, 6.45) is 3.72. The van der Waals surface area contributed by atoms with Crippen LogP contribution >= 0.6 is 0 Å². The maximum Gasteiger partial charge on any atom is -0.0184 e. The SMILES string of the molecule is [CH2]c1ccc(-c2ccc(CCCC)cc2)cc1. The summed E-state index contributed by atoms with van der Waals surface area (Å²) in [6, 6.07) is 17.3. The van der Waals surface area contributed by atoms with Crippen molar-refractivity contribution < 1.29 is 0 Å². The fourth-order valence-corrected chi connectivity index (χ4v) is 1.94. The second-order valence-electron chi connectivity index (χ2n) is 4.50. The van der Waals surface area contributed by atoms with Gasteiger partial charge in [0.2, 0.25) is 0 Å². The molecular formula is C17H19. The van der Waals surface area contributed by atoms with E-state index in [1.165, 1.54) is 36.0 Å². The van der Waals surface area contributed by atoms with Crippen LogP contribution in [0.5, 0.6) is 0 Å². The number of aryl methyl sites for hydroxylation is 1. The Kier molecular flexibility index (Phi) is 3.98. The molecule has 0 fully saturated rings. The van der Waals surface area contributed by atoms with Gasteiger partial charge in [-0.1, -0.05) is 61.9 Å². The van der Waals surface area contributed by atoms with Crippen LogP contribution in [-0.2, 0) is 6.42 Å². The lowest BCUT2D eigenvalue weighted by molar-refractivity contribution is 0.795. The lowest BCUT2D eigenvalue weighted by Crippen LogP contribution is -1.85. The molecular weight excluding hydrogens is 204 g/mol. The lowest BCUT2D eigenvalue weighted by Gasteiger charge is -2.04. The van der Waals surface area contributed by atoms with Gasteiger partial charge < -0.3 is 0 Å². The molecule has 0 heteroatoms. The molecule has 0 nitrogen and oxygen atoms in total. The van der Waals surface area contributed by atoms with E-state index in [0.717, 1.165) is 5.56 Å². The maximum atomic E-state index is 3.90. The Bertz CT molecular complexity index is 448. The Morgan fingerprint density at radius 1 is 0.824 bits per heavy atom. The van der Waals surface area contributed by atoms with Gasteiger partial charge in [0.25, 0.3) is 0 Å². The van der Waals surface area contributed by atoms with Crippen molar-refractivity contribution in [2.75, 3.05) is 0 Å². The molecule has 0 aliphatic carbocycles. The lowest BCUT2D eigenvalue weighted by atomic mass is 10.0. The molecule has 2 aromatic rings. The van der Waals surface area contributed by atoms with Gasteiger partial charge in [0.05, 0.1) is 0 Å². The van der Waals surface area contributed by atoms with Crippen LogP contribution in [0.15, 0.2) is 48.5 Å². The van der Waals surface area contributed by atoms with Crippen LogP contribution in [0, 0.1) is 6.92 Å². The van der Waals surface area contributed by atoms with Gasteiger partial charge in [-0.2, -0.15) is 0 Å². The second kappa shape index (κ2) is 5.67. The summed E-state index contributed by atoms with van der Waals surface area (Å²) >= 11 is 0. The van der Waals surface area contributed by atoms with Gasteiger partial charge in [0.15, 0.2) is 0 Å². The van der Waals surface area contributed by atoms with Gasteiger partial charge in [-0.15, -0.1) is 0 Å². The average molecular weight is 223 g/mol. The van der Waals surface area contributed by atoms with Gasteiger partial charge in [0.1, 0.15) is 0 Å². The van der Waals surface area contributed by atoms with E-state index in [1.54, 1.807) is 0 Å². The molecule has 0 unspecified atom stereocenters. The Labute approximate surface area is 104 Å². The predicted molar refractivity (Wildman–Crippen MR) is 74.9 cm³/mol. The molecule has 0 heterocycles. The quantitative estimate of drug-likeness (QED) is 0.693. The smallest absolute Gasteiger partial charge is 0.0184 e. The molecule has 2 aromatic carbocycles. The minimum Gasteiger partial charge on any atom is -0.0654 e. The molecule has 0 aliphatic rings. The van der Waals surface area contributed by atoms with E-state index in [9.17, 15) is 0 Å². The third-order valence-corrected chi connectivity index (χ3v) is 3.06. The van der Waals surface area contributed by atoms with Gasteiger partial charge >= 0.3 is 0 Å². The van der Waals surface area contributed by atoms with E-state index in [-0.39, 0.29) is 0 Å². The van der Waals surface area contributed by atoms with E-state index in [0.29, 0.717) is 0 Å². The maximum absolute atomic E-state index is 3.90. The highest BCUT2D eigenvalue weighted by Gasteiger charge is 1.97. The zero-order chi connectivity index (χ0) is 12.1. The Morgan fingerprint density at radius 2 is 1.35 bits per heavy atom. The van der Waals surface area contributed by atoms with E-state index >= 15 is 0 Å². The standard InChI is InChI=1S/C17H19/c1-3-4-5-15-8-12-17(13-9-15)16-10-6-14(2)7-11-16/h6-13H,2-5H2,1H3. The normalized spacial score (nSPS) is 10.5. The Hall–Kier alpha value is -1.56. The molecule has 0 aromatic heterocycles. The van der Waals surface area contributed by atoms with Crippen molar-refractivity contribution in [2.45, 2.75) is 26.2 Å². The van der Waals surface area contributed by atoms with E-state index < -0.39 is 0 Å². The highest BCUT2D eigenvalue weighted by molar-refractivity contribution is 5.64. The second-order valence-corrected chi connectivity index (χ2v) is 4.50. The summed E-state index contributed by atoms with van der Waals surface area (Å²) in [5.74, 6) is 0. The highest BCUT2D eigenvalue weighted by Crippen LogP contribution is 2.20. The molecule has 0 aliphatic heterocycles. The van der Waals surface area contributed by atoms with Crippen LogP contribution in [0.25, 0.3) is 11.1 Å². The van der Waals surface area contributed by atoms with Crippen LogP contribution in [-0.4, -0.2) is 0 Å². The number of benzene rings is 2. The van der Waals surface area contributed by atoms with Crippen LogP contribution in [0.2, 0.25) is 0 Å². The molecule has 87 valence electrons. The first-order valence-electron chi connectivity index (χ1n) is 6.31. The van der Waals surface area contributed by atoms with Gasteiger partial charge in [-0.3, -0.25) is 0 Å². The minimum atomic E-state index is 1.06. The van der Waals surface area contributed by atoms with Crippen molar-refractivity contribution in [3.63, 3.8) is 0 Å². The molecule has 0 saturated carbocycles. The summed E-state index contributed by atoms with van der Waals surface area (Å²) in [5.41, 5.74) is 5.04. The summed E-state index contributed by atoms with van der Waals surface area (Å²) in [6.45, 7) is 6.13. The van der Waals surface area contributed by atoms with Crippen LogP contribution < -0.4 is 0 Å². The summed E-state index contributed by atoms with van der Waals surface area (Å²) in [7, 11) is 0. The first-order chi connectivity index (χ1) is 8.29. The molecule has 0 spiro atoms. The largest absolute Gasteiger partial charge is 0.0654 e. The van der Waals surface area contributed by atoms with Crippen molar-refractivity contribution in [1.29, 1.82) is 0 Å². The molecule has 0 bridgehead atoms. The molecule has 0 amide bonds. The van der Waals surface area contributed by atoms with Crippen molar-refractivity contribution in [3.8, 4) is 11.1 Å². The number of hydrogen-bond donors (Lipinski definition) is 0. The number of rotatable bonds is 4. The van der Waals surface area contributed by atoms with Crippen LogP contribution in [0.1, 0.15) is 30.9 Å². The van der Waals surface area contributed by atoms with Crippen LogP contribution in [0.3, 0.4) is 0 Å². The van der Waals surface area contributed by atoms with Crippen molar-refractivity contribution >= 4 is 0 Å². The summed E-state index contributed by atoms with van der Waals surface area (Å²) in [5, 5.41) is 0. The van der Waals surface area contributed by atoms with Crippen molar-refractivity contribution in [1.82, 2.24) is 0 Å². The molecule has 0 N–H and O–H groups in total. The highest BCUT2D eigenvalue weighted by atomic mass is 14.0. The number of unbranched alkanes of at least 4 members (excludes halogenated alkanes) is 1. The van der Waals surface area contributed by atoms with E-state index in [1.807, 2.05) is 0 Å². The fourth-order valence-electron chi connectivity index (χ4n) is 1.94.